The number of hydrogen-bond acceptors (Lipinski definition) is 0. The van der Waals surface area contributed by atoms with Crippen LogP contribution in [0.2, 0.25) is 0 Å². The lowest BCUT2D eigenvalue weighted by Crippen LogP contribution is -2.33. The van der Waals surface area contributed by atoms with E-state index in [1.54, 1.807) is 31.6 Å². The zero-order valence-electron chi connectivity index (χ0n) is 20.8. The molecule has 4 heterocycles. The highest BCUT2D eigenvalue weighted by atomic mass is 31.2. The van der Waals surface area contributed by atoms with Crippen LogP contribution < -0.4 is 0 Å². The van der Waals surface area contributed by atoms with Crippen molar-refractivity contribution >= 4 is 21.1 Å². The van der Waals surface area contributed by atoms with Crippen molar-refractivity contribution in [3.63, 3.8) is 0 Å². The smallest absolute Gasteiger partial charge is 0.0206 e. The molecule has 0 amide bonds. The van der Waals surface area contributed by atoms with Gasteiger partial charge in [0.25, 0.3) is 0 Å². The maximum atomic E-state index is 4.68. The summed E-state index contributed by atoms with van der Waals surface area (Å²) in [6, 6.07) is 0. The van der Waals surface area contributed by atoms with Crippen LogP contribution in [0.25, 0.3) is 0 Å². The summed E-state index contributed by atoms with van der Waals surface area (Å²) < 4.78 is 0. The summed E-state index contributed by atoms with van der Waals surface area (Å²) in [5.74, 6) is 1.99. The topological polar surface area (TPSA) is 0 Å². The Labute approximate surface area is 192 Å². The van der Waals surface area contributed by atoms with E-state index in [1.807, 2.05) is 0 Å². The van der Waals surface area contributed by atoms with Gasteiger partial charge in [-0.15, -0.1) is 21.1 Å². The molecule has 4 aliphatic rings. The molecule has 0 nitrogen and oxygen atoms in total. The third kappa shape index (κ3) is 6.86. The summed E-state index contributed by atoms with van der Waals surface area (Å²) in [5.41, 5.74) is 3.31. The van der Waals surface area contributed by atoms with Crippen molar-refractivity contribution in [3.05, 3.63) is 0 Å². The molecule has 4 fully saturated rings. The second-order valence-electron chi connectivity index (χ2n) is 13.2. The van der Waals surface area contributed by atoms with Crippen molar-refractivity contribution in [3.8, 4) is 0 Å². The Morgan fingerprint density at radius 2 is 1.33 bits per heavy atom. The van der Waals surface area contributed by atoms with Crippen molar-refractivity contribution in [2.45, 2.75) is 124 Å². The summed E-state index contributed by atoms with van der Waals surface area (Å²) in [6.07, 6.45) is 26.1. The molecule has 4 saturated heterocycles. The van der Waals surface area contributed by atoms with Crippen molar-refractivity contribution < 1.29 is 0 Å². The van der Waals surface area contributed by atoms with E-state index in [1.165, 1.54) is 57.3 Å². The highest BCUT2D eigenvalue weighted by Gasteiger charge is 2.39. The Kier molecular flexibility index (Phi) is 9.69. The van der Waals surface area contributed by atoms with Gasteiger partial charge in [-0.2, -0.15) is 0 Å². The van der Waals surface area contributed by atoms with Crippen LogP contribution in [0.5, 0.6) is 0 Å². The van der Waals surface area contributed by atoms with Gasteiger partial charge in [-0.25, -0.2) is 0 Å². The van der Waals surface area contributed by atoms with E-state index in [4.69, 9.17) is 0 Å². The maximum absolute atomic E-state index is 4.68. The quantitative estimate of drug-likeness (QED) is 0.320. The summed E-state index contributed by atoms with van der Waals surface area (Å²) in [4.78, 5) is 0. The Bertz CT molecular complexity index is 564. The SMILES string of the molecule is C.C=P12CCCCC1CC(C(C)(C)C)CC2.CC(C)(C)C1CCP2CCCCC2C1. The van der Waals surface area contributed by atoms with Gasteiger partial charge >= 0.3 is 0 Å². The van der Waals surface area contributed by atoms with Gasteiger partial charge < -0.3 is 0 Å². The van der Waals surface area contributed by atoms with Gasteiger partial charge in [-0.1, -0.05) is 61.8 Å². The van der Waals surface area contributed by atoms with Crippen LogP contribution in [0.4, 0.5) is 0 Å². The van der Waals surface area contributed by atoms with E-state index in [-0.39, 0.29) is 7.43 Å². The van der Waals surface area contributed by atoms with Crippen LogP contribution in [-0.4, -0.2) is 42.3 Å². The fraction of sp³-hybridized carbons (Fsp3) is 0.964. The zero-order valence-corrected chi connectivity index (χ0v) is 22.6. The molecule has 0 aromatic rings. The Hall–Kier alpha value is 0.730. The second kappa shape index (κ2) is 10.8. The van der Waals surface area contributed by atoms with E-state index in [9.17, 15) is 0 Å². The van der Waals surface area contributed by atoms with Crippen molar-refractivity contribution in [1.82, 2.24) is 0 Å². The monoisotopic (exact) mass is 454 g/mol. The first-order valence-corrected chi connectivity index (χ1v) is 17.1. The van der Waals surface area contributed by atoms with E-state index < -0.39 is 6.89 Å². The fourth-order valence-corrected chi connectivity index (χ4v) is 14.1. The molecule has 0 aromatic heterocycles. The van der Waals surface area contributed by atoms with Crippen LogP contribution >= 0.6 is 14.8 Å². The third-order valence-corrected chi connectivity index (χ3v) is 16.8. The lowest BCUT2D eigenvalue weighted by Gasteiger charge is -2.47. The first-order chi connectivity index (χ1) is 13.5. The lowest BCUT2D eigenvalue weighted by molar-refractivity contribution is 0.208. The molecule has 0 saturated carbocycles. The molecule has 4 rings (SSSR count). The first kappa shape index (κ1) is 27.0. The van der Waals surface area contributed by atoms with Crippen LogP contribution in [0, 0.1) is 22.7 Å². The minimum absolute atomic E-state index is 0. The highest BCUT2D eigenvalue weighted by molar-refractivity contribution is 7.74. The fourth-order valence-electron chi connectivity index (χ4n) is 6.72. The second-order valence-corrected chi connectivity index (χ2v) is 20.0. The van der Waals surface area contributed by atoms with Crippen LogP contribution in [-0.2, 0) is 0 Å². The molecule has 4 aliphatic heterocycles. The van der Waals surface area contributed by atoms with Crippen molar-refractivity contribution in [2.75, 3.05) is 24.6 Å². The molecule has 2 heteroatoms. The van der Waals surface area contributed by atoms with Crippen LogP contribution in [0.1, 0.15) is 113 Å². The minimum atomic E-state index is -0.725. The average molecular weight is 455 g/mol. The van der Waals surface area contributed by atoms with Crippen molar-refractivity contribution in [2.24, 2.45) is 22.7 Å². The molecule has 0 N–H and O–H groups in total. The van der Waals surface area contributed by atoms with Crippen LogP contribution in [0.15, 0.2) is 0 Å². The molecular weight excluding hydrogens is 398 g/mol. The highest BCUT2D eigenvalue weighted by Crippen LogP contribution is 2.62. The molecule has 0 spiro atoms. The van der Waals surface area contributed by atoms with Gasteiger partial charge in [-0.3, -0.25) is 0 Å². The van der Waals surface area contributed by atoms with Gasteiger partial charge in [0.05, 0.1) is 0 Å². The molecule has 178 valence electrons. The molecule has 6 atom stereocenters. The number of hydrogen-bond donors (Lipinski definition) is 0. The standard InChI is InChI=1S/C14H27P.C13H25P.CH4/c1-14(2,3)12-8-10-15(4)9-6-5-7-13(15)11-12;1-13(2,3)11-7-9-14-8-5-4-6-12(14)10-11;/h12-13H,4-11H2,1-3H3;11-12H,4-10H2,1-3H3;1H4. The van der Waals surface area contributed by atoms with Gasteiger partial charge in [-0.05, 0) is 110 Å². The summed E-state index contributed by atoms with van der Waals surface area (Å²) in [7, 11) is 0.480. The predicted octanol–water partition coefficient (Wildman–Crippen LogP) is 9.56. The van der Waals surface area contributed by atoms with Gasteiger partial charge in [0.1, 0.15) is 0 Å². The molecule has 0 aromatic carbocycles. The summed E-state index contributed by atoms with van der Waals surface area (Å²) >= 11 is 0. The van der Waals surface area contributed by atoms with Gasteiger partial charge in [0, 0.05) is 0 Å². The minimum Gasteiger partial charge on any atom is -0.109 e. The normalized spacial score (nSPS) is 39.5. The number of fused-ring (bicyclic) bond motifs is 2. The molecule has 0 radical (unpaired) electrons. The van der Waals surface area contributed by atoms with Gasteiger partial charge in [0.2, 0.25) is 0 Å². The van der Waals surface area contributed by atoms with E-state index in [2.05, 4.69) is 47.8 Å². The summed E-state index contributed by atoms with van der Waals surface area (Å²) in [5, 5.41) is 0. The third-order valence-electron chi connectivity index (χ3n) is 9.16. The molecule has 6 unspecified atom stereocenters. The molecule has 0 bridgehead atoms. The predicted molar refractivity (Wildman–Crippen MR) is 147 cm³/mol. The van der Waals surface area contributed by atoms with E-state index in [0.29, 0.717) is 18.8 Å². The zero-order chi connectivity index (χ0) is 21.3. The van der Waals surface area contributed by atoms with Gasteiger partial charge in [0.15, 0.2) is 0 Å². The van der Waals surface area contributed by atoms with E-state index in [0.717, 1.165) is 23.2 Å². The largest absolute Gasteiger partial charge is 0.109 e. The first-order valence-electron chi connectivity index (χ1n) is 12.9. The Morgan fingerprint density at radius 3 is 2.00 bits per heavy atom. The molecule has 30 heavy (non-hydrogen) atoms. The summed E-state index contributed by atoms with van der Waals surface area (Å²) in [6.45, 7) is 13.9. The van der Waals surface area contributed by atoms with Crippen LogP contribution in [0.3, 0.4) is 0 Å². The number of rotatable bonds is 0. The molecule has 0 aliphatic carbocycles. The lowest BCUT2D eigenvalue weighted by atomic mass is 9.76. The maximum Gasteiger partial charge on any atom is -0.0206 e. The molecular formula is C28H56P2. The van der Waals surface area contributed by atoms with E-state index >= 15 is 0 Å². The van der Waals surface area contributed by atoms with Crippen molar-refractivity contribution in [1.29, 1.82) is 0 Å². The Morgan fingerprint density at radius 1 is 0.700 bits per heavy atom. The Balaban J connectivity index is 0.000000207. The average Bonchev–Trinajstić information content (AvgIpc) is 2.66.